The number of rotatable bonds is 2. The van der Waals surface area contributed by atoms with Crippen molar-refractivity contribution in [3.05, 3.63) is 17.8 Å². The summed E-state index contributed by atoms with van der Waals surface area (Å²) in [7, 11) is 0. The number of carboxylic acids is 1. The number of nitrogen functional groups attached to an aromatic ring is 1. The molecular formula is C14H19N3O2. The van der Waals surface area contributed by atoms with Gasteiger partial charge in [0.1, 0.15) is 0 Å². The zero-order chi connectivity index (χ0) is 13.4. The van der Waals surface area contributed by atoms with Gasteiger partial charge < -0.3 is 15.7 Å². The molecule has 0 amide bonds. The van der Waals surface area contributed by atoms with E-state index in [-0.39, 0.29) is 5.56 Å². The van der Waals surface area contributed by atoms with Crippen molar-refractivity contribution < 1.29 is 9.90 Å². The van der Waals surface area contributed by atoms with Crippen molar-refractivity contribution in [2.24, 2.45) is 5.92 Å². The van der Waals surface area contributed by atoms with E-state index in [1.807, 2.05) is 0 Å². The standard InChI is InChI=1S/C14H19N3O2/c15-11-7-10(14(18)19)8-16-13(11)17-6-5-9-3-1-2-4-12(9)17/h7-9,12H,1-6,15H2,(H,18,19). The average molecular weight is 261 g/mol. The maximum Gasteiger partial charge on any atom is 0.337 e. The average Bonchev–Trinajstić information content (AvgIpc) is 2.82. The normalized spacial score (nSPS) is 26.2. The van der Waals surface area contributed by atoms with Gasteiger partial charge in [-0.3, -0.25) is 0 Å². The van der Waals surface area contributed by atoms with E-state index in [0.29, 0.717) is 11.7 Å². The van der Waals surface area contributed by atoms with Gasteiger partial charge >= 0.3 is 5.97 Å². The van der Waals surface area contributed by atoms with Gasteiger partial charge in [0.25, 0.3) is 0 Å². The lowest BCUT2D eigenvalue weighted by Gasteiger charge is -2.32. The number of carboxylic acid groups (broad SMARTS) is 1. The summed E-state index contributed by atoms with van der Waals surface area (Å²) in [5.41, 5.74) is 6.62. The highest BCUT2D eigenvalue weighted by Crippen LogP contribution is 2.39. The minimum atomic E-state index is -0.984. The Morgan fingerprint density at radius 2 is 2.16 bits per heavy atom. The van der Waals surface area contributed by atoms with Crippen LogP contribution in [0.25, 0.3) is 0 Å². The molecule has 2 heterocycles. The van der Waals surface area contributed by atoms with Crippen molar-refractivity contribution in [3.8, 4) is 0 Å². The SMILES string of the molecule is Nc1cc(C(=O)O)cnc1N1CCC2CCCCC21. The van der Waals surface area contributed by atoms with E-state index in [4.69, 9.17) is 10.8 Å². The molecule has 1 aromatic heterocycles. The molecule has 5 heteroatoms. The van der Waals surface area contributed by atoms with E-state index in [1.165, 1.54) is 44.4 Å². The van der Waals surface area contributed by atoms with E-state index >= 15 is 0 Å². The summed E-state index contributed by atoms with van der Waals surface area (Å²) in [4.78, 5) is 17.5. The fourth-order valence-electron chi connectivity index (χ4n) is 3.50. The number of nitrogens with two attached hydrogens (primary N) is 1. The highest BCUT2D eigenvalue weighted by atomic mass is 16.4. The predicted octanol–water partition coefficient (Wildman–Crippen LogP) is 2.13. The summed E-state index contributed by atoms with van der Waals surface area (Å²) < 4.78 is 0. The molecular weight excluding hydrogens is 242 g/mol. The Balaban J connectivity index is 1.88. The van der Waals surface area contributed by atoms with Crippen molar-refractivity contribution in [2.75, 3.05) is 17.2 Å². The van der Waals surface area contributed by atoms with Gasteiger partial charge in [-0.1, -0.05) is 12.8 Å². The predicted molar refractivity (Wildman–Crippen MR) is 73.3 cm³/mol. The quantitative estimate of drug-likeness (QED) is 0.852. The summed E-state index contributed by atoms with van der Waals surface area (Å²) >= 11 is 0. The van der Waals surface area contributed by atoms with E-state index < -0.39 is 5.97 Å². The van der Waals surface area contributed by atoms with E-state index in [0.717, 1.165) is 18.3 Å². The number of aromatic carboxylic acids is 1. The molecule has 3 N–H and O–H groups in total. The molecule has 3 rings (SSSR count). The Kier molecular flexibility index (Phi) is 3.05. The molecule has 102 valence electrons. The summed E-state index contributed by atoms with van der Waals surface area (Å²) in [6.45, 7) is 0.985. The molecule has 5 nitrogen and oxygen atoms in total. The molecule has 2 atom stereocenters. The molecule has 0 aromatic carbocycles. The van der Waals surface area contributed by atoms with E-state index in [1.54, 1.807) is 0 Å². The third kappa shape index (κ3) is 2.13. The van der Waals surface area contributed by atoms with Crippen LogP contribution >= 0.6 is 0 Å². The molecule has 2 unspecified atom stereocenters. The van der Waals surface area contributed by atoms with Gasteiger partial charge in [0, 0.05) is 18.8 Å². The van der Waals surface area contributed by atoms with Crippen molar-refractivity contribution >= 4 is 17.5 Å². The maximum atomic E-state index is 10.9. The molecule has 1 aliphatic carbocycles. The van der Waals surface area contributed by atoms with E-state index in [2.05, 4.69) is 9.88 Å². The second-order valence-corrected chi connectivity index (χ2v) is 5.54. The first kappa shape index (κ1) is 12.3. The molecule has 2 aliphatic rings. The number of carbonyl (C=O) groups is 1. The van der Waals surface area contributed by atoms with Gasteiger partial charge in [0.05, 0.1) is 11.3 Å². The van der Waals surface area contributed by atoms with Gasteiger partial charge in [-0.25, -0.2) is 9.78 Å². The Bertz CT molecular complexity index is 503. The highest BCUT2D eigenvalue weighted by molar-refractivity contribution is 5.89. The molecule has 2 fully saturated rings. The number of hydrogen-bond acceptors (Lipinski definition) is 4. The number of fused-ring (bicyclic) bond motifs is 1. The lowest BCUT2D eigenvalue weighted by Crippen LogP contribution is -2.35. The lowest BCUT2D eigenvalue weighted by molar-refractivity contribution is 0.0696. The van der Waals surface area contributed by atoms with Gasteiger partial charge in [0.15, 0.2) is 5.82 Å². The number of pyridine rings is 1. The Morgan fingerprint density at radius 3 is 2.89 bits per heavy atom. The summed E-state index contributed by atoms with van der Waals surface area (Å²) in [5.74, 6) is 0.538. The summed E-state index contributed by atoms with van der Waals surface area (Å²) in [6, 6.07) is 2.06. The van der Waals surface area contributed by atoms with Crippen molar-refractivity contribution in [1.82, 2.24) is 4.98 Å². The van der Waals surface area contributed by atoms with Crippen LogP contribution < -0.4 is 10.6 Å². The van der Waals surface area contributed by atoms with Crippen LogP contribution in [-0.2, 0) is 0 Å². The van der Waals surface area contributed by atoms with Crippen molar-refractivity contribution in [2.45, 2.75) is 38.1 Å². The first-order valence-electron chi connectivity index (χ1n) is 6.92. The number of anilines is 2. The fraction of sp³-hybridized carbons (Fsp3) is 0.571. The van der Waals surface area contributed by atoms with Gasteiger partial charge in [-0.15, -0.1) is 0 Å². The van der Waals surface area contributed by atoms with Gasteiger partial charge in [-0.2, -0.15) is 0 Å². The maximum absolute atomic E-state index is 10.9. The molecule has 0 radical (unpaired) electrons. The van der Waals surface area contributed by atoms with Crippen LogP contribution in [0, 0.1) is 5.92 Å². The number of aromatic nitrogens is 1. The first-order chi connectivity index (χ1) is 9.16. The van der Waals surface area contributed by atoms with Crippen LogP contribution in [0.4, 0.5) is 11.5 Å². The Hall–Kier alpha value is -1.78. The lowest BCUT2D eigenvalue weighted by atomic mass is 9.85. The van der Waals surface area contributed by atoms with Crippen molar-refractivity contribution in [1.29, 1.82) is 0 Å². The van der Waals surface area contributed by atoms with Crippen LogP contribution in [0.15, 0.2) is 12.3 Å². The largest absolute Gasteiger partial charge is 0.478 e. The summed E-state index contributed by atoms with van der Waals surface area (Å²) in [6.07, 6.45) is 7.71. The summed E-state index contributed by atoms with van der Waals surface area (Å²) in [5, 5.41) is 8.94. The Morgan fingerprint density at radius 1 is 1.37 bits per heavy atom. The molecule has 0 spiro atoms. The minimum absolute atomic E-state index is 0.153. The van der Waals surface area contributed by atoms with Gasteiger partial charge in [-0.05, 0) is 31.2 Å². The highest BCUT2D eigenvalue weighted by Gasteiger charge is 2.37. The second-order valence-electron chi connectivity index (χ2n) is 5.54. The number of hydrogen-bond donors (Lipinski definition) is 2. The van der Waals surface area contributed by atoms with Crippen LogP contribution in [0.3, 0.4) is 0 Å². The molecule has 19 heavy (non-hydrogen) atoms. The first-order valence-corrected chi connectivity index (χ1v) is 6.92. The zero-order valence-electron chi connectivity index (χ0n) is 10.9. The monoisotopic (exact) mass is 261 g/mol. The van der Waals surface area contributed by atoms with Crippen molar-refractivity contribution in [3.63, 3.8) is 0 Å². The molecule has 0 bridgehead atoms. The van der Waals surface area contributed by atoms with Crippen LogP contribution in [-0.4, -0.2) is 28.6 Å². The molecule has 1 saturated carbocycles. The second kappa shape index (κ2) is 4.72. The van der Waals surface area contributed by atoms with Crippen LogP contribution in [0.2, 0.25) is 0 Å². The van der Waals surface area contributed by atoms with Crippen LogP contribution in [0.5, 0.6) is 0 Å². The molecule has 1 aliphatic heterocycles. The minimum Gasteiger partial charge on any atom is -0.478 e. The topological polar surface area (TPSA) is 79.5 Å². The Labute approximate surface area is 112 Å². The number of nitrogens with zero attached hydrogens (tertiary/aromatic N) is 2. The zero-order valence-corrected chi connectivity index (χ0v) is 10.9. The smallest absolute Gasteiger partial charge is 0.337 e. The third-order valence-corrected chi connectivity index (χ3v) is 4.42. The van der Waals surface area contributed by atoms with E-state index in [9.17, 15) is 4.79 Å². The molecule has 1 saturated heterocycles. The van der Waals surface area contributed by atoms with Gasteiger partial charge in [0.2, 0.25) is 0 Å². The third-order valence-electron chi connectivity index (χ3n) is 4.42. The van der Waals surface area contributed by atoms with Crippen LogP contribution in [0.1, 0.15) is 42.5 Å². The molecule has 1 aromatic rings. The fourth-order valence-corrected chi connectivity index (χ4v) is 3.50.